The molecule has 0 aliphatic carbocycles. The van der Waals surface area contributed by atoms with Gasteiger partial charge in [-0.1, -0.05) is 11.3 Å². The van der Waals surface area contributed by atoms with Crippen LogP contribution >= 0.6 is 23.1 Å². The average Bonchev–Trinajstić information content (AvgIpc) is 3.23. The van der Waals surface area contributed by atoms with E-state index in [1.807, 2.05) is 13.8 Å². The maximum absolute atomic E-state index is 12.8. The SMILES string of the molecule is CCN1C(=O)/C(=C/c2cc(OC)c(OC)c(OC)c2)S/C1=N/c1nnc(C)s1. The van der Waals surface area contributed by atoms with Gasteiger partial charge in [-0.05, 0) is 49.4 Å². The Morgan fingerprint density at radius 2 is 1.82 bits per heavy atom. The predicted molar refractivity (Wildman–Crippen MR) is 111 cm³/mol. The van der Waals surface area contributed by atoms with Crippen molar-refractivity contribution in [3.05, 3.63) is 27.6 Å². The van der Waals surface area contributed by atoms with Crippen LogP contribution in [0, 0.1) is 6.92 Å². The average molecular weight is 421 g/mol. The minimum Gasteiger partial charge on any atom is -0.493 e. The van der Waals surface area contributed by atoms with Crippen molar-refractivity contribution in [1.29, 1.82) is 0 Å². The monoisotopic (exact) mass is 420 g/mol. The van der Waals surface area contributed by atoms with Crippen LogP contribution in [0.15, 0.2) is 22.0 Å². The van der Waals surface area contributed by atoms with Gasteiger partial charge in [-0.2, -0.15) is 4.99 Å². The molecule has 0 spiro atoms. The number of amides is 1. The molecule has 8 nitrogen and oxygen atoms in total. The minimum atomic E-state index is -0.110. The molecule has 0 saturated carbocycles. The molecule has 1 aliphatic rings. The van der Waals surface area contributed by atoms with Crippen molar-refractivity contribution in [2.75, 3.05) is 27.9 Å². The van der Waals surface area contributed by atoms with Crippen LogP contribution in [0.3, 0.4) is 0 Å². The Labute approximate surface area is 171 Å². The topological polar surface area (TPSA) is 86.1 Å². The van der Waals surface area contributed by atoms with Crippen molar-refractivity contribution < 1.29 is 19.0 Å². The highest BCUT2D eigenvalue weighted by Crippen LogP contribution is 2.40. The quantitative estimate of drug-likeness (QED) is 0.661. The molecule has 0 radical (unpaired) electrons. The van der Waals surface area contributed by atoms with E-state index in [2.05, 4.69) is 15.2 Å². The molecule has 148 valence electrons. The standard InChI is InChI=1S/C18H20N4O4S2/c1-6-22-16(23)14(28-18(22)19-17-21-20-10(2)27-17)9-11-7-12(24-3)15(26-5)13(8-11)25-4/h7-9H,6H2,1-5H3/b14-9-,19-18+. The van der Waals surface area contributed by atoms with E-state index >= 15 is 0 Å². The summed E-state index contributed by atoms with van der Waals surface area (Å²) in [4.78, 5) is 19.5. The number of ether oxygens (including phenoxy) is 3. The molecule has 1 saturated heterocycles. The number of aliphatic imine (C=N–C) groups is 1. The molecule has 2 heterocycles. The number of methoxy groups -OCH3 is 3. The fourth-order valence-corrected chi connectivity index (χ4v) is 4.28. The highest BCUT2D eigenvalue weighted by atomic mass is 32.2. The zero-order valence-corrected chi connectivity index (χ0v) is 17.8. The van der Waals surface area contributed by atoms with E-state index in [1.54, 1.807) is 44.4 Å². The van der Waals surface area contributed by atoms with Crippen molar-refractivity contribution in [2.24, 2.45) is 4.99 Å². The van der Waals surface area contributed by atoms with E-state index in [0.717, 1.165) is 10.6 Å². The molecule has 1 fully saturated rings. The maximum atomic E-state index is 12.8. The number of aryl methyl sites for hydroxylation is 1. The molecule has 0 N–H and O–H groups in total. The predicted octanol–water partition coefficient (Wildman–Crippen LogP) is 3.50. The van der Waals surface area contributed by atoms with Gasteiger partial charge in [-0.25, -0.2) is 0 Å². The third kappa shape index (κ3) is 3.97. The highest BCUT2D eigenvalue weighted by molar-refractivity contribution is 8.18. The largest absolute Gasteiger partial charge is 0.493 e. The first-order valence-electron chi connectivity index (χ1n) is 8.40. The number of rotatable bonds is 6. The van der Waals surface area contributed by atoms with Gasteiger partial charge in [-0.15, -0.1) is 10.2 Å². The Kier molecular flexibility index (Phi) is 6.20. The highest BCUT2D eigenvalue weighted by Gasteiger charge is 2.32. The minimum absolute atomic E-state index is 0.110. The molecule has 1 aromatic heterocycles. The van der Waals surface area contributed by atoms with Gasteiger partial charge in [0.05, 0.1) is 26.2 Å². The van der Waals surface area contributed by atoms with Gasteiger partial charge in [0.15, 0.2) is 16.7 Å². The first kappa shape index (κ1) is 20.2. The number of hydrogen-bond donors (Lipinski definition) is 0. The second-order valence-corrected chi connectivity index (χ2v) is 7.79. The van der Waals surface area contributed by atoms with Gasteiger partial charge in [0, 0.05) is 6.54 Å². The molecular formula is C18H20N4O4S2. The Balaban J connectivity index is 1.98. The molecule has 28 heavy (non-hydrogen) atoms. The molecule has 1 aliphatic heterocycles. The summed E-state index contributed by atoms with van der Waals surface area (Å²) < 4.78 is 16.1. The number of likely N-dealkylation sites (N-methyl/N-ethyl adjacent to an activating group) is 1. The Morgan fingerprint density at radius 1 is 1.14 bits per heavy atom. The number of carbonyl (C=O) groups excluding carboxylic acids is 1. The summed E-state index contributed by atoms with van der Waals surface area (Å²) in [5.41, 5.74) is 0.759. The second-order valence-electron chi connectivity index (χ2n) is 5.62. The third-order valence-electron chi connectivity index (χ3n) is 3.90. The number of hydrogen-bond acceptors (Lipinski definition) is 9. The van der Waals surface area contributed by atoms with E-state index in [0.29, 0.717) is 39.0 Å². The number of carbonyl (C=O) groups is 1. The van der Waals surface area contributed by atoms with E-state index in [9.17, 15) is 4.79 Å². The van der Waals surface area contributed by atoms with Gasteiger partial charge < -0.3 is 14.2 Å². The summed E-state index contributed by atoms with van der Waals surface area (Å²) in [6.07, 6.45) is 1.79. The Hall–Kier alpha value is -2.59. The van der Waals surface area contributed by atoms with Gasteiger partial charge in [0.25, 0.3) is 5.91 Å². The lowest BCUT2D eigenvalue weighted by Gasteiger charge is -2.13. The summed E-state index contributed by atoms with van der Waals surface area (Å²) in [5.74, 6) is 1.44. The summed E-state index contributed by atoms with van der Waals surface area (Å²) >= 11 is 2.68. The van der Waals surface area contributed by atoms with E-state index in [4.69, 9.17) is 14.2 Å². The van der Waals surface area contributed by atoms with Crippen LogP contribution in [-0.4, -0.2) is 54.0 Å². The molecule has 0 atom stereocenters. The summed E-state index contributed by atoms with van der Waals surface area (Å²) in [7, 11) is 4.65. The number of aromatic nitrogens is 2. The summed E-state index contributed by atoms with van der Waals surface area (Å²) in [5, 5.41) is 9.91. The van der Waals surface area contributed by atoms with Crippen molar-refractivity contribution in [1.82, 2.24) is 15.1 Å². The molecule has 10 heteroatoms. The lowest BCUT2D eigenvalue weighted by Crippen LogP contribution is -2.28. The third-order valence-corrected chi connectivity index (χ3v) is 5.63. The Bertz CT molecular complexity index is 930. The second kappa shape index (κ2) is 8.61. The zero-order chi connectivity index (χ0) is 20.3. The van der Waals surface area contributed by atoms with Crippen LogP contribution in [0.25, 0.3) is 6.08 Å². The van der Waals surface area contributed by atoms with Gasteiger partial charge >= 0.3 is 0 Å². The number of benzene rings is 1. The molecule has 0 unspecified atom stereocenters. The first-order valence-corrected chi connectivity index (χ1v) is 10.0. The van der Waals surface area contributed by atoms with Crippen molar-refractivity contribution in [3.8, 4) is 17.2 Å². The molecule has 2 aromatic rings. The first-order chi connectivity index (χ1) is 13.5. The summed E-state index contributed by atoms with van der Waals surface area (Å²) in [6.45, 7) is 4.28. The van der Waals surface area contributed by atoms with Crippen molar-refractivity contribution >= 4 is 45.4 Å². The Morgan fingerprint density at radius 3 is 2.32 bits per heavy atom. The smallest absolute Gasteiger partial charge is 0.266 e. The van der Waals surface area contributed by atoms with Crippen LogP contribution in [0.4, 0.5) is 5.13 Å². The fraction of sp³-hybridized carbons (Fsp3) is 0.333. The fourth-order valence-electron chi connectivity index (χ4n) is 2.62. The molecule has 1 aromatic carbocycles. The maximum Gasteiger partial charge on any atom is 0.266 e. The number of nitrogens with zero attached hydrogens (tertiary/aromatic N) is 4. The van der Waals surface area contributed by atoms with E-state index in [1.165, 1.54) is 23.1 Å². The van der Waals surface area contributed by atoms with Crippen LogP contribution in [0.5, 0.6) is 17.2 Å². The number of thioether (sulfide) groups is 1. The van der Waals surface area contributed by atoms with E-state index in [-0.39, 0.29) is 5.91 Å². The van der Waals surface area contributed by atoms with Gasteiger partial charge in [0.2, 0.25) is 10.9 Å². The van der Waals surface area contributed by atoms with Crippen LogP contribution in [0.2, 0.25) is 0 Å². The normalized spacial score (nSPS) is 16.9. The number of amidine groups is 1. The lowest BCUT2D eigenvalue weighted by molar-refractivity contribution is -0.122. The van der Waals surface area contributed by atoms with Crippen molar-refractivity contribution in [2.45, 2.75) is 13.8 Å². The molecule has 0 bridgehead atoms. The molecular weight excluding hydrogens is 400 g/mol. The molecule has 3 rings (SSSR count). The van der Waals surface area contributed by atoms with Crippen LogP contribution < -0.4 is 14.2 Å². The van der Waals surface area contributed by atoms with Crippen LogP contribution in [0.1, 0.15) is 17.5 Å². The van der Waals surface area contributed by atoms with Crippen LogP contribution in [-0.2, 0) is 4.79 Å². The van der Waals surface area contributed by atoms with Gasteiger partial charge in [0.1, 0.15) is 5.01 Å². The van der Waals surface area contributed by atoms with Crippen molar-refractivity contribution in [3.63, 3.8) is 0 Å². The summed E-state index contributed by atoms with van der Waals surface area (Å²) in [6, 6.07) is 3.59. The zero-order valence-electron chi connectivity index (χ0n) is 16.2. The van der Waals surface area contributed by atoms with E-state index < -0.39 is 0 Å². The van der Waals surface area contributed by atoms with Gasteiger partial charge in [-0.3, -0.25) is 9.69 Å². The molecule has 1 amide bonds. The lowest BCUT2D eigenvalue weighted by atomic mass is 10.1.